The lowest BCUT2D eigenvalue weighted by Crippen LogP contribution is -2.24. The molecule has 0 aliphatic rings. The molecule has 1 N–H and O–H groups in total. The summed E-state index contributed by atoms with van der Waals surface area (Å²) in [6.45, 7) is -0.292. The Kier molecular flexibility index (Phi) is 6.08. The molecule has 0 aliphatic carbocycles. The van der Waals surface area contributed by atoms with Crippen LogP contribution in [0.3, 0.4) is 0 Å². The van der Waals surface area contributed by atoms with Gasteiger partial charge in [-0.15, -0.1) is 0 Å². The van der Waals surface area contributed by atoms with Crippen molar-refractivity contribution in [2.24, 2.45) is 5.10 Å². The maximum Gasteiger partial charge on any atom is 0.277 e. The van der Waals surface area contributed by atoms with Crippen LogP contribution in [0.2, 0.25) is 0 Å². The lowest BCUT2D eigenvalue weighted by atomic mass is 10.1. The van der Waals surface area contributed by atoms with E-state index in [2.05, 4.69) is 20.6 Å². The molecule has 0 bridgehead atoms. The highest BCUT2D eigenvalue weighted by atomic mass is 19.1. The zero-order chi connectivity index (χ0) is 21.5. The van der Waals surface area contributed by atoms with Crippen molar-refractivity contribution in [3.8, 4) is 22.7 Å². The Balaban J connectivity index is 1.48. The minimum atomic E-state index is -0.473. The van der Waals surface area contributed by atoms with Crippen LogP contribution >= 0.6 is 0 Å². The third-order valence-electron chi connectivity index (χ3n) is 4.26. The average molecular weight is 415 g/mol. The molecule has 0 aliphatic heterocycles. The van der Waals surface area contributed by atoms with Gasteiger partial charge in [0.2, 0.25) is 0 Å². The second kappa shape index (κ2) is 9.45. The summed E-state index contributed by atoms with van der Waals surface area (Å²) < 4.78 is 20.2. The first-order valence-electron chi connectivity index (χ1n) is 9.45. The van der Waals surface area contributed by atoms with Crippen LogP contribution in [-0.4, -0.2) is 33.5 Å². The summed E-state index contributed by atoms with van der Waals surface area (Å²) in [6, 6.07) is 18.9. The second-order valence-electron chi connectivity index (χ2n) is 6.49. The number of hydrogen-bond acceptors (Lipinski definition) is 5. The normalized spacial score (nSPS) is 10.9. The molecule has 7 nitrogen and oxygen atoms in total. The predicted octanol–water partition coefficient (Wildman–Crippen LogP) is 3.60. The number of amides is 1. The number of benzene rings is 2. The Morgan fingerprint density at radius 3 is 2.77 bits per heavy atom. The van der Waals surface area contributed by atoms with Gasteiger partial charge < -0.3 is 4.74 Å². The minimum absolute atomic E-state index is 0.266. The van der Waals surface area contributed by atoms with Crippen LogP contribution in [0.25, 0.3) is 16.9 Å². The van der Waals surface area contributed by atoms with Crippen LogP contribution in [0.5, 0.6) is 5.75 Å². The zero-order valence-corrected chi connectivity index (χ0v) is 16.4. The van der Waals surface area contributed by atoms with Crippen molar-refractivity contribution in [2.45, 2.75) is 0 Å². The van der Waals surface area contributed by atoms with E-state index in [4.69, 9.17) is 4.74 Å². The quantitative estimate of drug-likeness (QED) is 0.369. The molecule has 0 saturated carbocycles. The maximum absolute atomic E-state index is 13.2. The van der Waals surface area contributed by atoms with Gasteiger partial charge in [0, 0.05) is 35.8 Å². The molecule has 4 rings (SSSR count). The summed E-state index contributed by atoms with van der Waals surface area (Å²) in [5.41, 5.74) is 5.48. The van der Waals surface area contributed by atoms with Crippen molar-refractivity contribution in [3.05, 3.63) is 96.7 Å². The fourth-order valence-corrected chi connectivity index (χ4v) is 2.83. The van der Waals surface area contributed by atoms with Gasteiger partial charge in [-0.1, -0.05) is 24.3 Å². The predicted molar refractivity (Wildman–Crippen MR) is 114 cm³/mol. The number of hydrazone groups is 1. The molecule has 2 aromatic heterocycles. The van der Waals surface area contributed by atoms with Gasteiger partial charge in [-0.3, -0.25) is 9.78 Å². The molecule has 0 spiro atoms. The Labute approximate surface area is 177 Å². The molecule has 0 atom stereocenters. The van der Waals surface area contributed by atoms with Crippen LogP contribution in [-0.2, 0) is 4.79 Å². The first-order chi connectivity index (χ1) is 15.2. The van der Waals surface area contributed by atoms with Crippen LogP contribution < -0.4 is 10.2 Å². The van der Waals surface area contributed by atoms with Crippen molar-refractivity contribution in [2.75, 3.05) is 6.61 Å². The Bertz CT molecular complexity index is 1190. The summed E-state index contributed by atoms with van der Waals surface area (Å²) >= 11 is 0. The van der Waals surface area contributed by atoms with Gasteiger partial charge in [-0.05, 0) is 36.4 Å². The van der Waals surface area contributed by atoms with Crippen LogP contribution in [0.1, 0.15) is 5.56 Å². The standard InChI is InChI=1S/C23H18FN5O2/c24-19-7-4-10-21(12-19)31-16-22(30)27-26-14-18-15-29(20-8-2-1-3-9-20)28-23(18)17-6-5-11-25-13-17/h1-15H,16H2,(H,27,30)/b26-14-. The molecule has 8 heteroatoms. The van der Waals surface area contributed by atoms with E-state index in [1.165, 1.54) is 24.4 Å². The molecular formula is C23H18FN5O2. The van der Waals surface area contributed by atoms with Crippen molar-refractivity contribution in [3.63, 3.8) is 0 Å². The van der Waals surface area contributed by atoms with Gasteiger partial charge in [-0.25, -0.2) is 14.5 Å². The number of ether oxygens (including phenoxy) is 1. The van der Waals surface area contributed by atoms with Gasteiger partial charge in [0.25, 0.3) is 5.91 Å². The summed E-state index contributed by atoms with van der Waals surface area (Å²) in [7, 11) is 0. The van der Waals surface area contributed by atoms with Gasteiger partial charge in [0.15, 0.2) is 6.61 Å². The number of para-hydroxylation sites is 1. The van der Waals surface area contributed by atoms with Gasteiger partial charge in [0.1, 0.15) is 17.3 Å². The SMILES string of the molecule is O=C(COc1cccc(F)c1)N/N=C\c1cn(-c2ccccc2)nc1-c1cccnc1. The largest absolute Gasteiger partial charge is 0.484 e. The molecule has 31 heavy (non-hydrogen) atoms. The smallest absolute Gasteiger partial charge is 0.277 e. The number of rotatable bonds is 7. The molecule has 1 amide bonds. The number of carbonyl (C=O) groups excluding carboxylic acids is 1. The fourth-order valence-electron chi connectivity index (χ4n) is 2.83. The monoisotopic (exact) mass is 415 g/mol. The third kappa shape index (κ3) is 5.18. The highest BCUT2D eigenvalue weighted by Gasteiger charge is 2.11. The van der Waals surface area contributed by atoms with E-state index < -0.39 is 11.7 Å². The average Bonchev–Trinajstić information content (AvgIpc) is 3.23. The lowest BCUT2D eigenvalue weighted by molar-refractivity contribution is -0.123. The van der Waals surface area contributed by atoms with Crippen molar-refractivity contribution < 1.29 is 13.9 Å². The van der Waals surface area contributed by atoms with Crippen LogP contribution in [0.15, 0.2) is 90.4 Å². The number of hydrogen-bond donors (Lipinski definition) is 1. The van der Waals surface area contributed by atoms with E-state index in [1.54, 1.807) is 23.1 Å². The first kappa shape index (κ1) is 20.0. The third-order valence-corrected chi connectivity index (χ3v) is 4.26. The molecule has 0 saturated heterocycles. The lowest BCUT2D eigenvalue weighted by Gasteiger charge is -2.04. The van der Waals surface area contributed by atoms with Crippen molar-refractivity contribution in [1.29, 1.82) is 0 Å². The number of halogens is 1. The highest BCUT2D eigenvalue weighted by Crippen LogP contribution is 2.21. The molecule has 0 radical (unpaired) electrons. The Morgan fingerprint density at radius 1 is 1.13 bits per heavy atom. The van der Waals surface area contributed by atoms with Gasteiger partial charge in [0.05, 0.1) is 11.9 Å². The Morgan fingerprint density at radius 2 is 2.00 bits per heavy atom. The van der Waals surface area contributed by atoms with Crippen LogP contribution in [0, 0.1) is 5.82 Å². The maximum atomic E-state index is 13.2. The zero-order valence-electron chi connectivity index (χ0n) is 16.4. The first-order valence-corrected chi connectivity index (χ1v) is 9.45. The molecular weight excluding hydrogens is 397 g/mol. The van der Waals surface area contributed by atoms with E-state index >= 15 is 0 Å². The number of nitrogens with one attached hydrogen (secondary N) is 1. The number of nitrogens with zero attached hydrogens (tertiary/aromatic N) is 4. The summed E-state index contributed by atoms with van der Waals surface area (Å²) in [6.07, 6.45) is 6.72. The summed E-state index contributed by atoms with van der Waals surface area (Å²) in [4.78, 5) is 16.1. The number of aromatic nitrogens is 3. The van der Waals surface area contributed by atoms with E-state index in [-0.39, 0.29) is 12.4 Å². The van der Waals surface area contributed by atoms with Crippen LogP contribution in [0.4, 0.5) is 4.39 Å². The topological polar surface area (TPSA) is 81.4 Å². The molecule has 0 unspecified atom stereocenters. The minimum Gasteiger partial charge on any atom is -0.484 e. The van der Waals surface area contributed by atoms with Crippen molar-refractivity contribution in [1.82, 2.24) is 20.2 Å². The fraction of sp³-hybridized carbons (Fsp3) is 0.0435. The molecule has 2 heterocycles. The van der Waals surface area contributed by atoms with Gasteiger partial charge >= 0.3 is 0 Å². The van der Waals surface area contributed by atoms with Gasteiger partial charge in [-0.2, -0.15) is 10.2 Å². The second-order valence-corrected chi connectivity index (χ2v) is 6.49. The number of carbonyl (C=O) groups is 1. The summed E-state index contributed by atoms with van der Waals surface area (Å²) in [5.74, 6) is -0.643. The molecule has 154 valence electrons. The van der Waals surface area contributed by atoms with E-state index in [0.29, 0.717) is 11.3 Å². The number of pyridine rings is 1. The highest BCUT2D eigenvalue weighted by molar-refractivity contribution is 5.89. The Hall–Kier alpha value is -4.33. The van der Waals surface area contributed by atoms with E-state index in [0.717, 1.165) is 11.3 Å². The van der Waals surface area contributed by atoms with E-state index in [1.807, 2.05) is 48.7 Å². The molecule has 4 aromatic rings. The summed E-state index contributed by atoms with van der Waals surface area (Å²) in [5, 5.41) is 8.66. The van der Waals surface area contributed by atoms with Crippen molar-refractivity contribution >= 4 is 12.1 Å². The molecule has 0 fully saturated rings. The molecule has 2 aromatic carbocycles. The van der Waals surface area contributed by atoms with E-state index in [9.17, 15) is 9.18 Å².